The van der Waals surface area contributed by atoms with E-state index in [-0.39, 0.29) is 12.1 Å². The molecule has 2 atom stereocenters. The number of ether oxygens (including phenoxy) is 1. The second-order valence-corrected chi connectivity index (χ2v) is 5.80. The average Bonchev–Trinajstić information content (AvgIpc) is 2.48. The summed E-state index contributed by atoms with van der Waals surface area (Å²) in [5, 5.41) is 3.32. The number of hydrogen-bond donors (Lipinski definition) is 1. The largest absolute Gasteiger partial charge is 0.379 e. The van der Waals surface area contributed by atoms with Crippen molar-refractivity contribution in [3.05, 3.63) is 35.4 Å². The van der Waals surface area contributed by atoms with E-state index in [2.05, 4.69) is 5.32 Å². The van der Waals surface area contributed by atoms with Gasteiger partial charge in [-0.15, -0.1) is 0 Å². The third-order valence-corrected chi connectivity index (χ3v) is 4.44. The summed E-state index contributed by atoms with van der Waals surface area (Å²) in [6, 6.07) is 3.57. The minimum atomic E-state index is -0.543. The molecule has 4 heteroatoms. The molecule has 0 radical (unpaired) electrons. The van der Waals surface area contributed by atoms with Crippen molar-refractivity contribution in [2.45, 2.75) is 51.2 Å². The second kappa shape index (κ2) is 7.85. The zero-order valence-electron chi connectivity index (χ0n) is 12.9. The van der Waals surface area contributed by atoms with Gasteiger partial charge < -0.3 is 10.1 Å². The minimum absolute atomic E-state index is 0.0785. The number of hydrogen-bond acceptors (Lipinski definition) is 2. The van der Waals surface area contributed by atoms with Crippen LogP contribution < -0.4 is 5.32 Å². The maximum atomic E-state index is 14.2. The first-order chi connectivity index (χ1) is 10.2. The normalized spacial score (nSPS) is 19.4. The van der Waals surface area contributed by atoms with Crippen LogP contribution in [-0.4, -0.2) is 19.8 Å². The minimum Gasteiger partial charge on any atom is -0.379 e. The van der Waals surface area contributed by atoms with E-state index in [1.165, 1.54) is 31.4 Å². The van der Waals surface area contributed by atoms with Gasteiger partial charge in [0.15, 0.2) is 0 Å². The molecule has 0 heterocycles. The lowest BCUT2D eigenvalue weighted by molar-refractivity contribution is 0.00705. The topological polar surface area (TPSA) is 21.3 Å². The maximum absolute atomic E-state index is 14.2. The highest BCUT2D eigenvalue weighted by Crippen LogP contribution is 2.35. The fourth-order valence-electron chi connectivity index (χ4n) is 3.44. The molecule has 2 rings (SSSR count). The number of methoxy groups -OCH3 is 1. The van der Waals surface area contributed by atoms with Crippen LogP contribution in [0.3, 0.4) is 0 Å². The van der Waals surface area contributed by atoms with Gasteiger partial charge in [-0.2, -0.15) is 0 Å². The van der Waals surface area contributed by atoms with Crippen LogP contribution in [0, 0.1) is 17.6 Å². The van der Waals surface area contributed by atoms with E-state index < -0.39 is 11.6 Å². The lowest BCUT2D eigenvalue weighted by Gasteiger charge is -2.35. The molecule has 0 amide bonds. The third-order valence-electron chi connectivity index (χ3n) is 4.44. The average molecular weight is 297 g/mol. The molecular weight excluding hydrogens is 272 g/mol. The van der Waals surface area contributed by atoms with E-state index in [0.717, 1.165) is 18.9 Å². The van der Waals surface area contributed by atoms with E-state index in [1.807, 2.05) is 6.92 Å². The van der Waals surface area contributed by atoms with Crippen molar-refractivity contribution in [3.8, 4) is 0 Å². The standard InChI is InChI=1S/C17H25F2NO/c1-3-20-16(14-10-9-13(18)11-15(14)19)17(21-2)12-7-5-4-6-8-12/h9-12,16-17,20H,3-8H2,1-2H3. The SMILES string of the molecule is CCNC(c1ccc(F)cc1F)C(OC)C1CCCCC1. The van der Waals surface area contributed by atoms with Gasteiger partial charge in [-0.25, -0.2) is 8.78 Å². The van der Waals surface area contributed by atoms with Crippen LogP contribution in [0.5, 0.6) is 0 Å². The van der Waals surface area contributed by atoms with Gasteiger partial charge in [-0.1, -0.05) is 32.3 Å². The number of likely N-dealkylation sites (N-methyl/N-ethyl adjacent to an activating group) is 1. The predicted octanol–water partition coefficient (Wildman–Crippen LogP) is 4.21. The van der Waals surface area contributed by atoms with Crippen LogP contribution in [0.4, 0.5) is 8.78 Å². The van der Waals surface area contributed by atoms with Crippen LogP contribution in [-0.2, 0) is 4.74 Å². The van der Waals surface area contributed by atoms with Crippen molar-refractivity contribution in [1.82, 2.24) is 5.32 Å². The molecule has 1 aliphatic carbocycles. The monoisotopic (exact) mass is 297 g/mol. The van der Waals surface area contributed by atoms with Crippen LogP contribution in [0.25, 0.3) is 0 Å². The van der Waals surface area contributed by atoms with E-state index in [4.69, 9.17) is 4.74 Å². The molecule has 1 saturated carbocycles. The fraction of sp³-hybridized carbons (Fsp3) is 0.647. The first-order valence-corrected chi connectivity index (χ1v) is 7.88. The molecule has 1 N–H and O–H groups in total. The highest BCUT2D eigenvalue weighted by Gasteiger charge is 2.32. The molecule has 0 spiro atoms. The smallest absolute Gasteiger partial charge is 0.130 e. The highest BCUT2D eigenvalue weighted by atomic mass is 19.1. The molecule has 0 aliphatic heterocycles. The summed E-state index contributed by atoms with van der Waals surface area (Å²) in [5.41, 5.74) is 0.496. The fourth-order valence-corrected chi connectivity index (χ4v) is 3.44. The van der Waals surface area contributed by atoms with Gasteiger partial charge in [-0.05, 0) is 31.4 Å². The molecule has 118 valence electrons. The second-order valence-electron chi connectivity index (χ2n) is 5.80. The Hall–Kier alpha value is -1.00. The molecule has 2 nitrogen and oxygen atoms in total. The molecule has 1 fully saturated rings. The summed E-state index contributed by atoms with van der Waals surface area (Å²) in [6.45, 7) is 2.70. The number of halogens is 2. The molecule has 1 aromatic carbocycles. The van der Waals surface area contributed by atoms with Gasteiger partial charge in [-0.3, -0.25) is 0 Å². The quantitative estimate of drug-likeness (QED) is 0.849. The van der Waals surface area contributed by atoms with Crippen LogP contribution in [0.15, 0.2) is 18.2 Å². The van der Waals surface area contributed by atoms with Gasteiger partial charge in [0.1, 0.15) is 11.6 Å². The molecule has 1 aromatic rings. The van der Waals surface area contributed by atoms with Crippen LogP contribution in [0.1, 0.15) is 50.6 Å². The van der Waals surface area contributed by atoms with E-state index in [0.29, 0.717) is 18.0 Å². The Kier molecular flexibility index (Phi) is 6.12. The van der Waals surface area contributed by atoms with Gasteiger partial charge in [0.25, 0.3) is 0 Å². The van der Waals surface area contributed by atoms with E-state index in [9.17, 15) is 8.78 Å². The molecule has 0 saturated heterocycles. The van der Waals surface area contributed by atoms with Gasteiger partial charge in [0.05, 0.1) is 12.1 Å². The molecule has 0 bridgehead atoms. The molecular formula is C17H25F2NO. The Balaban J connectivity index is 2.26. The van der Waals surface area contributed by atoms with Gasteiger partial charge in [0, 0.05) is 18.7 Å². The van der Waals surface area contributed by atoms with Crippen molar-refractivity contribution >= 4 is 0 Å². The Morgan fingerprint density at radius 2 is 1.95 bits per heavy atom. The van der Waals surface area contributed by atoms with Crippen LogP contribution in [0.2, 0.25) is 0 Å². The number of rotatable bonds is 6. The summed E-state index contributed by atoms with van der Waals surface area (Å²) in [4.78, 5) is 0. The van der Waals surface area contributed by atoms with Crippen molar-refractivity contribution in [2.24, 2.45) is 5.92 Å². The number of nitrogens with one attached hydrogen (secondary N) is 1. The zero-order chi connectivity index (χ0) is 15.2. The summed E-state index contributed by atoms with van der Waals surface area (Å²) < 4.78 is 33.0. The van der Waals surface area contributed by atoms with Crippen molar-refractivity contribution in [3.63, 3.8) is 0 Å². The molecule has 2 unspecified atom stereocenters. The highest BCUT2D eigenvalue weighted by molar-refractivity contribution is 5.23. The summed E-state index contributed by atoms with van der Waals surface area (Å²) in [6.07, 6.45) is 5.82. The Morgan fingerprint density at radius 1 is 1.24 bits per heavy atom. The van der Waals surface area contributed by atoms with Crippen molar-refractivity contribution in [2.75, 3.05) is 13.7 Å². The predicted molar refractivity (Wildman–Crippen MR) is 80.1 cm³/mol. The summed E-state index contributed by atoms with van der Waals surface area (Å²) in [7, 11) is 1.69. The Bertz CT molecular complexity index is 446. The van der Waals surface area contributed by atoms with E-state index >= 15 is 0 Å². The van der Waals surface area contributed by atoms with E-state index in [1.54, 1.807) is 7.11 Å². The summed E-state index contributed by atoms with van der Waals surface area (Å²) >= 11 is 0. The Labute approximate surface area is 125 Å². The van der Waals surface area contributed by atoms with Crippen LogP contribution >= 0.6 is 0 Å². The third kappa shape index (κ3) is 4.01. The Morgan fingerprint density at radius 3 is 2.52 bits per heavy atom. The first kappa shape index (κ1) is 16.4. The molecule has 21 heavy (non-hydrogen) atoms. The van der Waals surface area contributed by atoms with Gasteiger partial charge >= 0.3 is 0 Å². The molecule has 1 aliphatic rings. The molecule has 0 aromatic heterocycles. The van der Waals surface area contributed by atoms with Crippen molar-refractivity contribution in [1.29, 1.82) is 0 Å². The van der Waals surface area contributed by atoms with Crippen molar-refractivity contribution < 1.29 is 13.5 Å². The first-order valence-electron chi connectivity index (χ1n) is 7.88. The lowest BCUT2D eigenvalue weighted by atomic mass is 9.80. The zero-order valence-corrected chi connectivity index (χ0v) is 12.9. The summed E-state index contributed by atoms with van der Waals surface area (Å²) in [5.74, 6) is -0.616. The lowest BCUT2D eigenvalue weighted by Crippen LogP contribution is -2.39. The number of benzene rings is 1. The maximum Gasteiger partial charge on any atom is 0.130 e. The van der Waals surface area contributed by atoms with Gasteiger partial charge in [0.2, 0.25) is 0 Å².